The van der Waals surface area contributed by atoms with E-state index in [-0.39, 0.29) is 6.03 Å². The zero-order chi connectivity index (χ0) is 14.5. The Morgan fingerprint density at radius 1 is 1.42 bits per heavy atom. The number of urea groups is 1. The Kier molecular flexibility index (Phi) is 5.97. The molecule has 0 aromatic heterocycles. The monoisotopic (exact) mass is 288 g/mol. The predicted octanol–water partition coefficient (Wildman–Crippen LogP) is 2.07. The largest absolute Gasteiger partial charge is 0.480 e. The predicted molar refractivity (Wildman–Crippen MR) is 77.5 cm³/mol. The van der Waals surface area contributed by atoms with Crippen LogP contribution in [0.15, 0.2) is 0 Å². The van der Waals surface area contributed by atoms with Gasteiger partial charge in [0.1, 0.15) is 5.54 Å². The molecule has 1 aliphatic rings. The van der Waals surface area contributed by atoms with Crippen LogP contribution < -0.4 is 10.6 Å². The highest BCUT2D eigenvalue weighted by atomic mass is 32.2. The Labute approximate surface area is 118 Å². The van der Waals surface area contributed by atoms with Gasteiger partial charge in [0.15, 0.2) is 0 Å². The molecule has 6 heteroatoms. The molecule has 2 amide bonds. The maximum absolute atomic E-state index is 11.8. The third kappa shape index (κ3) is 4.60. The maximum atomic E-state index is 11.8. The minimum absolute atomic E-state index is 0.318. The third-order valence-electron chi connectivity index (χ3n) is 3.84. The molecule has 1 atom stereocenters. The van der Waals surface area contributed by atoms with Gasteiger partial charge in [0.2, 0.25) is 0 Å². The molecule has 5 nitrogen and oxygen atoms in total. The van der Waals surface area contributed by atoms with Crippen molar-refractivity contribution in [2.75, 3.05) is 12.8 Å². The van der Waals surface area contributed by atoms with Crippen molar-refractivity contribution in [3.8, 4) is 0 Å². The molecule has 0 aromatic rings. The Morgan fingerprint density at radius 3 is 2.47 bits per heavy atom. The number of thioether (sulfide) groups is 1. The quantitative estimate of drug-likeness (QED) is 0.723. The van der Waals surface area contributed by atoms with E-state index < -0.39 is 11.5 Å². The summed E-state index contributed by atoms with van der Waals surface area (Å²) in [6.45, 7) is 4.67. The van der Waals surface area contributed by atoms with Crippen LogP contribution in [-0.2, 0) is 4.79 Å². The summed E-state index contributed by atoms with van der Waals surface area (Å²) in [7, 11) is 0. The normalized spacial score (nSPS) is 28.5. The lowest BCUT2D eigenvalue weighted by Gasteiger charge is -2.36. The van der Waals surface area contributed by atoms with Gasteiger partial charge in [-0.2, -0.15) is 11.8 Å². The van der Waals surface area contributed by atoms with Gasteiger partial charge in [0.05, 0.1) is 0 Å². The summed E-state index contributed by atoms with van der Waals surface area (Å²) < 4.78 is 0. The fourth-order valence-corrected chi connectivity index (χ4v) is 2.48. The molecule has 1 rings (SSSR count). The smallest absolute Gasteiger partial charge is 0.329 e. The Morgan fingerprint density at radius 2 is 2.00 bits per heavy atom. The summed E-state index contributed by atoms with van der Waals surface area (Å²) in [4.78, 5) is 23.3. The molecular weight excluding hydrogens is 264 g/mol. The van der Waals surface area contributed by atoms with Crippen LogP contribution in [0.4, 0.5) is 4.79 Å². The van der Waals surface area contributed by atoms with Crippen molar-refractivity contribution in [1.29, 1.82) is 0 Å². The molecule has 3 N–H and O–H groups in total. The highest BCUT2D eigenvalue weighted by Gasteiger charge is 2.42. The molecule has 1 saturated carbocycles. The van der Waals surface area contributed by atoms with E-state index in [0.717, 1.165) is 12.8 Å². The zero-order valence-electron chi connectivity index (χ0n) is 11.9. The van der Waals surface area contributed by atoms with E-state index in [1.807, 2.05) is 13.2 Å². The molecule has 1 fully saturated rings. The first kappa shape index (κ1) is 16.1. The van der Waals surface area contributed by atoms with Gasteiger partial charge in [-0.3, -0.25) is 0 Å². The van der Waals surface area contributed by atoms with E-state index in [1.54, 1.807) is 11.8 Å². The van der Waals surface area contributed by atoms with Crippen LogP contribution in [0.25, 0.3) is 0 Å². The summed E-state index contributed by atoms with van der Waals surface area (Å²) in [6.07, 6.45) is 4.68. The molecule has 1 aliphatic carbocycles. The van der Waals surface area contributed by atoms with Crippen molar-refractivity contribution < 1.29 is 14.7 Å². The SMILES string of the molecule is CSC(C)CNC(=O)NC1(C(=O)O)CCC(C)CC1. The number of carbonyl (C=O) groups excluding carboxylic acids is 1. The van der Waals surface area contributed by atoms with Crippen molar-refractivity contribution in [1.82, 2.24) is 10.6 Å². The number of aliphatic carboxylic acids is 1. The summed E-state index contributed by atoms with van der Waals surface area (Å²) in [5.74, 6) is -0.388. The van der Waals surface area contributed by atoms with Gasteiger partial charge in [-0.25, -0.2) is 9.59 Å². The average Bonchev–Trinajstić information content (AvgIpc) is 2.38. The molecule has 0 bridgehead atoms. The second-order valence-electron chi connectivity index (χ2n) is 5.45. The van der Waals surface area contributed by atoms with Gasteiger partial charge >= 0.3 is 12.0 Å². The summed E-state index contributed by atoms with van der Waals surface area (Å²) in [5, 5.41) is 15.1. The standard InChI is InChI=1S/C13H24N2O3S/c1-9-4-6-13(7-5-9,11(16)17)15-12(18)14-8-10(2)19-3/h9-10H,4-8H2,1-3H3,(H,16,17)(H2,14,15,18). The molecule has 0 aromatic carbocycles. The number of nitrogens with one attached hydrogen (secondary N) is 2. The highest BCUT2D eigenvalue weighted by molar-refractivity contribution is 7.99. The molecule has 0 heterocycles. The van der Waals surface area contributed by atoms with E-state index in [1.165, 1.54) is 0 Å². The maximum Gasteiger partial charge on any atom is 0.329 e. The minimum Gasteiger partial charge on any atom is -0.480 e. The van der Waals surface area contributed by atoms with Crippen LogP contribution in [0.5, 0.6) is 0 Å². The van der Waals surface area contributed by atoms with Gasteiger partial charge in [-0.05, 0) is 37.9 Å². The third-order valence-corrected chi connectivity index (χ3v) is 4.81. The summed E-state index contributed by atoms with van der Waals surface area (Å²) >= 11 is 1.66. The molecule has 0 radical (unpaired) electrons. The first-order valence-corrected chi connectivity index (χ1v) is 8.00. The number of carboxylic acid groups (broad SMARTS) is 1. The Bertz CT molecular complexity index is 328. The minimum atomic E-state index is -1.08. The van der Waals surface area contributed by atoms with Crippen LogP contribution in [0.2, 0.25) is 0 Å². The van der Waals surface area contributed by atoms with Crippen LogP contribution in [-0.4, -0.2) is 40.7 Å². The topological polar surface area (TPSA) is 78.4 Å². The van der Waals surface area contributed by atoms with Crippen LogP contribution >= 0.6 is 11.8 Å². The van der Waals surface area contributed by atoms with Crippen LogP contribution in [0.3, 0.4) is 0 Å². The van der Waals surface area contributed by atoms with Crippen LogP contribution in [0, 0.1) is 5.92 Å². The number of rotatable bonds is 5. The van der Waals surface area contributed by atoms with Gasteiger partial charge < -0.3 is 15.7 Å². The molecule has 0 spiro atoms. The van der Waals surface area contributed by atoms with Crippen molar-refractivity contribution in [2.24, 2.45) is 5.92 Å². The lowest BCUT2D eigenvalue weighted by molar-refractivity contribution is -0.146. The number of carbonyl (C=O) groups is 2. The van der Waals surface area contributed by atoms with E-state index in [4.69, 9.17) is 0 Å². The van der Waals surface area contributed by atoms with E-state index in [0.29, 0.717) is 30.6 Å². The first-order chi connectivity index (χ1) is 8.89. The first-order valence-electron chi connectivity index (χ1n) is 6.72. The van der Waals surface area contributed by atoms with E-state index >= 15 is 0 Å². The van der Waals surface area contributed by atoms with Crippen molar-refractivity contribution in [3.63, 3.8) is 0 Å². The number of hydrogen-bond acceptors (Lipinski definition) is 3. The lowest BCUT2D eigenvalue weighted by Crippen LogP contribution is -2.59. The van der Waals surface area contributed by atoms with Gasteiger partial charge in [0.25, 0.3) is 0 Å². The molecule has 19 heavy (non-hydrogen) atoms. The second-order valence-corrected chi connectivity index (χ2v) is 6.73. The Hall–Kier alpha value is -0.910. The fraction of sp³-hybridized carbons (Fsp3) is 0.846. The molecule has 110 valence electrons. The summed E-state index contributed by atoms with van der Waals surface area (Å²) in [5.41, 5.74) is -1.08. The lowest BCUT2D eigenvalue weighted by atomic mass is 9.77. The summed E-state index contributed by atoms with van der Waals surface area (Å²) in [6, 6.07) is -0.377. The highest BCUT2D eigenvalue weighted by Crippen LogP contribution is 2.32. The van der Waals surface area contributed by atoms with Crippen LogP contribution in [0.1, 0.15) is 39.5 Å². The fourth-order valence-electron chi connectivity index (χ4n) is 2.23. The van der Waals surface area contributed by atoms with Crippen molar-refractivity contribution in [2.45, 2.75) is 50.3 Å². The van der Waals surface area contributed by atoms with E-state index in [2.05, 4.69) is 17.6 Å². The van der Waals surface area contributed by atoms with Gasteiger partial charge in [0, 0.05) is 11.8 Å². The number of hydrogen-bond donors (Lipinski definition) is 3. The zero-order valence-corrected chi connectivity index (χ0v) is 12.7. The van der Waals surface area contributed by atoms with Gasteiger partial charge in [-0.1, -0.05) is 13.8 Å². The molecular formula is C13H24N2O3S. The number of amides is 2. The second kappa shape index (κ2) is 7.03. The van der Waals surface area contributed by atoms with Gasteiger partial charge in [-0.15, -0.1) is 0 Å². The molecule has 1 unspecified atom stereocenters. The number of carboxylic acids is 1. The molecule has 0 aliphatic heterocycles. The van der Waals surface area contributed by atoms with E-state index in [9.17, 15) is 14.7 Å². The average molecular weight is 288 g/mol. The molecule has 0 saturated heterocycles. The van der Waals surface area contributed by atoms with Crippen molar-refractivity contribution >= 4 is 23.8 Å². The van der Waals surface area contributed by atoms with Crippen molar-refractivity contribution in [3.05, 3.63) is 0 Å². The Balaban J connectivity index is 2.54.